The van der Waals surface area contributed by atoms with Gasteiger partial charge in [0, 0.05) is 30.1 Å². The Morgan fingerprint density at radius 3 is 2.89 bits per heavy atom. The number of rotatable bonds is 3. The normalized spacial score (nSPS) is 20.2. The van der Waals surface area contributed by atoms with Crippen molar-refractivity contribution in [2.24, 2.45) is 0 Å². The molecule has 1 heterocycles. The fourth-order valence-corrected chi connectivity index (χ4v) is 3.23. The van der Waals surface area contributed by atoms with Gasteiger partial charge < -0.3 is 10.2 Å². The molecular formula is C13H17BrCl2N2. The average Bonchev–Trinajstić information content (AvgIpc) is 2.37. The van der Waals surface area contributed by atoms with Crippen LogP contribution in [-0.2, 0) is 0 Å². The van der Waals surface area contributed by atoms with Crippen molar-refractivity contribution in [1.82, 2.24) is 5.32 Å². The van der Waals surface area contributed by atoms with E-state index in [2.05, 4.69) is 33.1 Å². The Kier molecular flexibility index (Phi) is 5.19. The average molecular weight is 352 g/mol. The number of anilines is 1. The molecule has 1 aliphatic rings. The van der Waals surface area contributed by atoms with Crippen molar-refractivity contribution in [3.63, 3.8) is 0 Å². The molecule has 0 amide bonds. The number of nitrogens with one attached hydrogen (secondary N) is 1. The summed E-state index contributed by atoms with van der Waals surface area (Å²) in [6.45, 7) is 5.17. The molecule has 100 valence electrons. The molecule has 1 atom stereocenters. The Bertz CT molecular complexity index is 424. The highest BCUT2D eigenvalue weighted by atomic mass is 79.9. The Morgan fingerprint density at radius 2 is 2.17 bits per heavy atom. The van der Waals surface area contributed by atoms with E-state index in [0.29, 0.717) is 16.1 Å². The lowest BCUT2D eigenvalue weighted by molar-refractivity contribution is 0.431. The third-order valence-electron chi connectivity index (χ3n) is 3.25. The quantitative estimate of drug-likeness (QED) is 0.815. The summed E-state index contributed by atoms with van der Waals surface area (Å²) in [4.78, 5) is 2.32. The second-order valence-corrected chi connectivity index (χ2v) is 6.19. The SMILES string of the molecule is CCCC1CN(c2ccc(Br)c(Cl)c2Cl)CCN1. The van der Waals surface area contributed by atoms with E-state index in [1.165, 1.54) is 12.8 Å². The first-order chi connectivity index (χ1) is 8.63. The lowest BCUT2D eigenvalue weighted by Gasteiger charge is -2.36. The zero-order valence-electron chi connectivity index (χ0n) is 10.3. The van der Waals surface area contributed by atoms with Crippen molar-refractivity contribution in [1.29, 1.82) is 0 Å². The summed E-state index contributed by atoms with van der Waals surface area (Å²) in [6, 6.07) is 4.54. The maximum atomic E-state index is 6.33. The predicted octanol–water partition coefficient (Wildman–Crippen LogP) is 4.33. The summed E-state index contributed by atoms with van der Waals surface area (Å²) < 4.78 is 0.846. The summed E-state index contributed by atoms with van der Waals surface area (Å²) in [5.74, 6) is 0. The van der Waals surface area contributed by atoms with Crippen molar-refractivity contribution in [2.75, 3.05) is 24.5 Å². The van der Waals surface area contributed by atoms with Crippen molar-refractivity contribution in [2.45, 2.75) is 25.8 Å². The molecule has 18 heavy (non-hydrogen) atoms. The van der Waals surface area contributed by atoms with Crippen LogP contribution in [0.4, 0.5) is 5.69 Å². The van der Waals surface area contributed by atoms with E-state index in [1.54, 1.807) is 0 Å². The molecular weight excluding hydrogens is 335 g/mol. The molecule has 2 nitrogen and oxygen atoms in total. The standard InChI is InChI=1S/C13H17BrCl2N2/c1-2-3-9-8-18(7-6-17-9)11-5-4-10(14)12(15)13(11)16/h4-5,9,17H,2-3,6-8H2,1H3. The third kappa shape index (κ3) is 3.13. The number of piperazine rings is 1. The smallest absolute Gasteiger partial charge is 0.0837 e. The van der Waals surface area contributed by atoms with Crippen LogP contribution in [0, 0.1) is 0 Å². The summed E-state index contributed by atoms with van der Waals surface area (Å²) in [5, 5.41) is 4.78. The molecule has 1 fully saturated rings. The van der Waals surface area contributed by atoms with Gasteiger partial charge in [0.05, 0.1) is 15.7 Å². The zero-order chi connectivity index (χ0) is 13.1. The molecule has 1 aliphatic heterocycles. The van der Waals surface area contributed by atoms with Gasteiger partial charge in [-0.15, -0.1) is 0 Å². The highest BCUT2D eigenvalue weighted by molar-refractivity contribution is 9.10. The lowest BCUT2D eigenvalue weighted by atomic mass is 10.1. The topological polar surface area (TPSA) is 15.3 Å². The Labute approximate surface area is 127 Å². The number of hydrogen-bond donors (Lipinski definition) is 1. The lowest BCUT2D eigenvalue weighted by Crippen LogP contribution is -2.50. The Hall–Kier alpha value is 0.0400. The molecule has 0 spiro atoms. The minimum Gasteiger partial charge on any atom is -0.367 e. The Morgan fingerprint density at radius 1 is 1.39 bits per heavy atom. The molecule has 0 aromatic heterocycles. The number of hydrogen-bond acceptors (Lipinski definition) is 2. The number of nitrogens with zero attached hydrogens (tertiary/aromatic N) is 1. The molecule has 1 N–H and O–H groups in total. The van der Waals surface area contributed by atoms with E-state index in [9.17, 15) is 0 Å². The van der Waals surface area contributed by atoms with E-state index in [-0.39, 0.29) is 0 Å². The van der Waals surface area contributed by atoms with E-state index in [0.717, 1.165) is 29.8 Å². The first kappa shape index (κ1) is 14.4. The zero-order valence-corrected chi connectivity index (χ0v) is 13.4. The van der Waals surface area contributed by atoms with Crippen LogP contribution in [0.1, 0.15) is 19.8 Å². The highest BCUT2D eigenvalue weighted by Gasteiger charge is 2.21. The van der Waals surface area contributed by atoms with Crippen LogP contribution < -0.4 is 10.2 Å². The van der Waals surface area contributed by atoms with Gasteiger partial charge in [0.25, 0.3) is 0 Å². The fourth-order valence-electron chi connectivity index (χ4n) is 2.35. The van der Waals surface area contributed by atoms with Gasteiger partial charge in [0.1, 0.15) is 0 Å². The second-order valence-electron chi connectivity index (χ2n) is 4.58. The first-order valence-electron chi connectivity index (χ1n) is 6.25. The van der Waals surface area contributed by atoms with Crippen LogP contribution in [0.5, 0.6) is 0 Å². The highest BCUT2D eigenvalue weighted by Crippen LogP contribution is 2.38. The third-order valence-corrected chi connectivity index (χ3v) is 5.01. The van der Waals surface area contributed by atoms with Gasteiger partial charge in [0.15, 0.2) is 0 Å². The van der Waals surface area contributed by atoms with Crippen LogP contribution in [0.25, 0.3) is 0 Å². The summed E-state index contributed by atoms with van der Waals surface area (Å²) >= 11 is 15.9. The van der Waals surface area contributed by atoms with Gasteiger partial charge in [-0.25, -0.2) is 0 Å². The molecule has 1 aromatic rings. The number of benzene rings is 1. The van der Waals surface area contributed by atoms with E-state index in [4.69, 9.17) is 23.2 Å². The molecule has 0 saturated carbocycles. The maximum absolute atomic E-state index is 6.33. The summed E-state index contributed by atoms with van der Waals surface area (Å²) in [7, 11) is 0. The minimum absolute atomic E-state index is 0.544. The second kappa shape index (κ2) is 6.47. The minimum atomic E-state index is 0.544. The largest absolute Gasteiger partial charge is 0.367 e. The van der Waals surface area contributed by atoms with Crippen LogP contribution >= 0.6 is 39.1 Å². The van der Waals surface area contributed by atoms with Crippen LogP contribution in [-0.4, -0.2) is 25.7 Å². The molecule has 1 aromatic carbocycles. The van der Waals surface area contributed by atoms with Crippen LogP contribution in [0.3, 0.4) is 0 Å². The summed E-state index contributed by atoms with van der Waals surface area (Å²) in [5.41, 5.74) is 1.03. The Balaban J connectivity index is 2.18. The van der Waals surface area contributed by atoms with Gasteiger partial charge >= 0.3 is 0 Å². The van der Waals surface area contributed by atoms with E-state index >= 15 is 0 Å². The van der Waals surface area contributed by atoms with Crippen molar-refractivity contribution >= 4 is 44.8 Å². The molecule has 0 bridgehead atoms. The number of halogens is 3. The first-order valence-corrected chi connectivity index (χ1v) is 7.80. The van der Waals surface area contributed by atoms with Crippen LogP contribution in [0.2, 0.25) is 10.0 Å². The van der Waals surface area contributed by atoms with E-state index < -0.39 is 0 Å². The van der Waals surface area contributed by atoms with Gasteiger partial charge in [0.2, 0.25) is 0 Å². The molecule has 5 heteroatoms. The van der Waals surface area contributed by atoms with Crippen molar-refractivity contribution < 1.29 is 0 Å². The van der Waals surface area contributed by atoms with Gasteiger partial charge in [-0.2, -0.15) is 0 Å². The summed E-state index contributed by atoms with van der Waals surface area (Å²) in [6.07, 6.45) is 2.39. The monoisotopic (exact) mass is 350 g/mol. The molecule has 0 radical (unpaired) electrons. The maximum Gasteiger partial charge on any atom is 0.0837 e. The van der Waals surface area contributed by atoms with Crippen molar-refractivity contribution in [3.8, 4) is 0 Å². The molecule has 1 saturated heterocycles. The van der Waals surface area contributed by atoms with Gasteiger partial charge in [-0.1, -0.05) is 36.5 Å². The van der Waals surface area contributed by atoms with Crippen molar-refractivity contribution in [3.05, 3.63) is 26.7 Å². The fraction of sp³-hybridized carbons (Fsp3) is 0.538. The van der Waals surface area contributed by atoms with Crippen LogP contribution in [0.15, 0.2) is 16.6 Å². The van der Waals surface area contributed by atoms with E-state index in [1.807, 2.05) is 12.1 Å². The molecule has 0 aliphatic carbocycles. The van der Waals surface area contributed by atoms with Gasteiger partial charge in [-0.05, 0) is 34.5 Å². The molecule has 1 unspecified atom stereocenters. The molecule has 2 rings (SSSR count). The van der Waals surface area contributed by atoms with Gasteiger partial charge in [-0.3, -0.25) is 0 Å². The predicted molar refractivity (Wildman–Crippen MR) is 83.1 cm³/mol.